The van der Waals surface area contributed by atoms with Crippen LogP contribution in [0.2, 0.25) is 0 Å². The number of nitrogens with one attached hydrogen (secondary N) is 2. The molecule has 0 radical (unpaired) electrons. The van der Waals surface area contributed by atoms with Crippen molar-refractivity contribution in [1.82, 2.24) is 9.78 Å². The van der Waals surface area contributed by atoms with E-state index in [0.717, 1.165) is 29.8 Å². The minimum absolute atomic E-state index is 0.0211. The SMILES string of the molecule is CCCC(=NC)Nc1cc(NC(=O)c2ccc(C)c(N(N)/C=C(\N)c3cnn(C)c3C)c2)cc(C(F)(F)F)c1. The molecule has 0 saturated carbocycles. The Morgan fingerprint density at radius 2 is 1.82 bits per heavy atom. The number of aromatic nitrogens is 2. The van der Waals surface area contributed by atoms with E-state index in [-0.39, 0.29) is 16.9 Å². The normalized spacial score (nSPS) is 12.4. The number of nitrogens with two attached hydrogens (primary N) is 2. The number of aryl methyl sites for hydroxylation is 2. The van der Waals surface area contributed by atoms with Crippen LogP contribution in [0, 0.1) is 13.8 Å². The molecule has 2 aromatic carbocycles. The van der Waals surface area contributed by atoms with Crippen LogP contribution in [0.1, 0.15) is 52.5 Å². The molecule has 0 atom stereocenters. The predicted molar refractivity (Wildman–Crippen MR) is 149 cm³/mol. The molecule has 0 aliphatic heterocycles. The van der Waals surface area contributed by atoms with E-state index in [9.17, 15) is 18.0 Å². The molecule has 0 saturated heterocycles. The summed E-state index contributed by atoms with van der Waals surface area (Å²) in [4.78, 5) is 17.2. The van der Waals surface area contributed by atoms with Crippen LogP contribution in [0.15, 0.2) is 53.8 Å². The van der Waals surface area contributed by atoms with Crippen molar-refractivity contribution in [2.45, 2.75) is 39.8 Å². The van der Waals surface area contributed by atoms with Crippen LogP contribution in [0.4, 0.5) is 30.2 Å². The first-order valence-electron chi connectivity index (χ1n) is 12.2. The number of halogens is 3. The average molecular weight is 543 g/mol. The molecule has 0 fully saturated rings. The summed E-state index contributed by atoms with van der Waals surface area (Å²) in [5, 5.41) is 10.9. The smallest absolute Gasteiger partial charge is 0.397 e. The molecular formula is C27H33F3N8O. The molecular weight excluding hydrogens is 509 g/mol. The Kier molecular flexibility index (Phi) is 9.02. The second-order valence-electron chi connectivity index (χ2n) is 9.06. The monoisotopic (exact) mass is 542 g/mol. The van der Waals surface area contributed by atoms with Crippen LogP contribution in [0.3, 0.4) is 0 Å². The molecule has 39 heavy (non-hydrogen) atoms. The van der Waals surface area contributed by atoms with Crippen molar-refractivity contribution in [3.05, 3.63) is 76.7 Å². The first kappa shape index (κ1) is 29.2. The molecule has 208 valence electrons. The zero-order chi connectivity index (χ0) is 28.9. The summed E-state index contributed by atoms with van der Waals surface area (Å²) in [6.07, 6.45) is -0.140. The molecule has 0 bridgehead atoms. The minimum Gasteiger partial charge on any atom is -0.397 e. The van der Waals surface area contributed by atoms with Gasteiger partial charge in [-0.2, -0.15) is 18.3 Å². The van der Waals surface area contributed by atoms with E-state index in [2.05, 4.69) is 20.7 Å². The van der Waals surface area contributed by atoms with Crippen LogP contribution in [-0.2, 0) is 13.2 Å². The highest BCUT2D eigenvalue weighted by Gasteiger charge is 2.31. The molecule has 0 spiro atoms. The van der Waals surface area contributed by atoms with E-state index in [1.807, 2.05) is 20.8 Å². The molecule has 1 aromatic heterocycles. The van der Waals surface area contributed by atoms with Crippen LogP contribution in [0.25, 0.3) is 5.70 Å². The van der Waals surface area contributed by atoms with E-state index < -0.39 is 17.6 Å². The van der Waals surface area contributed by atoms with Gasteiger partial charge in [-0.05, 0) is 56.2 Å². The Balaban J connectivity index is 1.89. The number of hydrogen-bond acceptors (Lipinski definition) is 6. The lowest BCUT2D eigenvalue weighted by Gasteiger charge is -2.19. The number of hydrogen-bond donors (Lipinski definition) is 4. The van der Waals surface area contributed by atoms with Crippen LogP contribution in [0.5, 0.6) is 0 Å². The highest BCUT2D eigenvalue weighted by molar-refractivity contribution is 6.05. The van der Waals surface area contributed by atoms with E-state index >= 15 is 0 Å². The minimum atomic E-state index is -4.61. The fourth-order valence-electron chi connectivity index (χ4n) is 3.87. The van der Waals surface area contributed by atoms with Crippen molar-refractivity contribution in [2.75, 3.05) is 22.7 Å². The number of amidine groups is 1. The largest absolute Gasteiger partial charge is 0.416 e. The second-order valence-corrected chi connectivity index (χ2v) is 9.06. The average Bonchev–Trinajstić information content (AvgIpc) is 3.21. The number of aliphatic imine (C=N–C) groups is 1. The van der Waals surface area contributed by atoms with Gasteiger partial charge in [0.1, 0.15) is 5.84 Å². The molecule has 3 aromatic rings. The Morgan fingerprint density at radius 1 is 1.15 bits per heavy atom. The number of carbonyl (C=O) groups excluding carboxylic acids is 1. The lowest BCUT2D eigenvalue weighted by atomic mass is 10.1. The van der Waals surface area contributed by atoms with E-state index in [4.69, 9.17) is 11.6 Å². The number of rotatable bonds is 8. The lowest BCUT2D eigenvalue weighted by Crippen LogP contribution is -2.27. The third-order valence-corrected chi connectivity index (χ3v) is 6.14. The van der Waals surface area contributed by atoms with E-state index in [1.54, 1.807) is 43.2 Å². The fraction of sp³-hybridized carbons (Fsp3) is 0.296. The van der Waals surface area contributed by atoms with Gasteiger partial charge in [0.25, 0.3) is 5.91 Å². The number of amides is 1. The highest BCUT2D eigenvalue weighted by Crippen LogP contribution is 2.34. The summed E-state index contributed by atoms with van der Waals surface area (Å²) >= 11 is 0. The number of hydrazine groups is 1. The maximum absolute atomic E-state index is 13.6. The van der Waals surface area contributed by atoms with Gasteiger partial charge >= 0.3 is 6.18 Å². The third kappa shape index (κ3) is 7.17. The van der Waals surface area contributed by atoms with Gasteiger partial charge in [-0.1, -0.05) is 13.0 Å². The highest BCUT2D eigenvalue weighted by atomic mass is 19.4. The Morgan fingerprint density at radius 3 is 2.38 bits per heavy atom. The maximum Gasteiger partial charge on any atom is 0.416 e. The summed E-state index contributed by atoms with van der Waals surface area (Å²) < 4.78 is 42.5. The van der Waals surface area contributed by atoms with Gasteiger partial charge < -0.3 is 16.4 Å². The molecule has 0 aliphatic rings. The van der Waals surface area contributed by atoms with Crippen LogP contribution >= 0.6 is 0 Å². The molecule has 3 rings (SSSR count). The molecule has 1 amide bonds. The quantitative estimate of drug-likeness (QED) is 0.134. The zero-order valence-electron chi connectivity index (χ0n) is 22.5. The van der Waals surface area contributed by atoms with Gasteiger partial charge in [0.05, 0.1) is 23.1 Å². The van der Waals surface area contributed by atoms with Crippen LogP contribution < -0.4 is 27.2 Å². The zero-order valence-corrected chi connectivity index (χ0v) is 22.5. The van der Waals surface area contributed by atoms with Gasteiger partial charge in [-0.15, -0.1) is 0 Å². The van der Waals surface area contributed by atoms with Gasteiger partial charge in [0, 0.05) is 54.9 Å². The van der Waals surface area contributed by atoms with Gasteiger partial charge in [0.2, 0.25) is 0 Å². The molecule has 12 heteroatoms. The van der Waals surface area contributed by atoms with E-state index in [1.165, 1.54) is 17.3 Å². The number of carbonyl (C=O) groups is 1. The summed E-state index contributed by atoms with van der Waals surface area (Å²) in [6.45, 7) is 5.62. The number of nitrogens with zero attached hydrogens (tertiary/aromatic N) is 4. The summed E-state index contributed by atoms with van der Waals surface area (Å²) in [6, 6.07) is 8.09. The number of anilines is 3. The van der Waals surface area contributed by atoms with Crippen molar-refractivity contribution >= 4 is 34.5 Å². The van der Waals surface area contributed by atoms with Gasteiger partial charge in [-0.25, -0.2) is 5.84 Å². The van der Waals surface area contributed by atoms with Crippen molar-refractivity contribution in [1.29, 1.82) is 0 Å². The predicted octanol–water partition coefficient (Wildman–Crippen LogP) is 5.19. The van der Waals surface area contributed by atoms with Crippen molar-refractivity contribution in [3.8, 4) is 0 Å². The summed E-state index contributed by atoms with van der Waals surface area (Å²) in [5.74, 6) is 6.19. The number of alkyl halides is 3. The van der Waals surface area contributed by atoms with Gasteiger partial charge in [-0.3, -0.25) is 19.5 Å². The third-order valence-electron chi connectivity index (χ3n) is 6.14. The van der Waals surface area contributed by atoms with E-state index in [0.29, 0.717) is 29.2 Å². The molecule has 1 heterocycles. The summed E-state index contributed by atoms with van der Waals surface area (Å²) in [5.41, 5.74) is 8.85. The summed E-state index contributed by atoms with van der Waals surface area (Å²) in [7, 11) is 3.36. The van der Waals surface area contributed by atoms with Crippen molar-refractivity contribution in [3.63, 3.8) is 0 Å². The number of benzene rings is 2. The standard InChI is InChI=1S/C27H33F3N8O/c1-6-7-25(33-4)35-20-11-19(27(28,29)30)12-21(13-20)36-26(39)18-9-8-16(2)24(10-18)38(32)15-23(31)22-14-34-37(5)17(22)3/h8-15H,6-7,31-32H2,1-5H3,(H,33,35)(H,36,39)/b23-15-. The first-order valence-corrected chi connectivity index (χ1v) is 12.2. The topological polar surface area (TPSA) is 127 Å². The molecule has 9 nitrogen and oxygen atoms in total. The molecule has 0 unspecified atom stereocenters. The van der Waals surface area contributed by atoms with Crippen molar-refractivity contribution in [2.24, 2.45) is 23.6 Å². The van der Waals surface area contributed by atoms with Crippen molar-refractivity contribution < 1.29 is 18.0 Å². The first-order chi connectivity index (χ1) is 18.3. The Hall–Kier alpha value is -4.32. The van der Waals surface area contributed by atoms with Gasteiger partial charge in [0.15, 0.2) is 0 Å². The molecule has 6 N–H and O–H groups in total. The fourth-order valence-corrected chi connectivity index (χ4v) is 3.87. The lowest BCUT2D eigenvalue weighted by molar-refractivity contribution is -0.137. The van der Waals surface area contributed by atoms with Crippen LogP contribution in [-0.4, -0.2) is 28.6 Å². The Bertz CT molecular complexity index is 1410. The maximum atomic E-state index is 13.6. The molecule has 0 aliphatic carbocycles. The Labute approximate surface area is 225 Å². The second kappa shape index (κ2) is 12.0.